The van der Waals surface area contributed by atoms with Gasteiger partial charge < -0.3 is 5.32 Å². The largest absolute Gasteiger partial charge is 0.326 e. The van der Waals surface area contributed by atoms with Gasteiger partial charge in [0.25, 0.3) is 0 Å². The van der Waals surface area contributed by atoms with Crippen LogP contribution in [0.25, 0.3) is 0 Å². The number of rotatable bonds is 6. The predicted octanol–water partition coefficient (Wildman–Crippen LogP) is 4.67. The summed E-state index contributed by atoms with van der Waals surface area (Å²) in [5.41, 5.74) is 3.75. The van der Waals surface area contributed by atoms with Crippen molar-refractivity contribution in [3.8, 4) is 0 Å². The van der Waals surface area contributed by atoms with E-state index in [9.17, 15) is 9.59 Å². The van der Waals surface area contributed by atoms with Crippen LogP contribution in [0.2, 0.25) is 0 Å². The van der Waals surface area contributed by atoms with Crippen molar-refractivity contribution < 1.29 is 9.59 Å². The maximum atomic E-state index is 12.8. The Labute approximate surface area is 170 Å². The second-order valence-corrected chi connectivity index (χ2v) is 8.07. The summed E-state index contributed by atoms with van der Waals surface area (Å²) in [5, 5.41) is 3.16. The molecule has 1 aliphatic heterocycles. The van der Waals surface area contributed by atoms with Gasteiger partial charge in [0.1, 0.15) is 5.25 Å². The number of aliphatic imine (C=N–C) groups is 1. The molecule has 0 spiro atoms. The zero-order valence-corrected chi connectivity index (χ0v) is 17.3. The first-order chi connectivity index (χ1) is 13.5. The molecule has 1 heterocycles. The molecule has 0 radical (unpaired) electrons. The molecule has 0 aromatic heterocycles. The third-order valence-electron chi connectivity index (χ3n) is 4.47. The number of anilines is 1. The molecule has 0 saturated carbocycles. The average Bonchev–Trinajstić information content (AvgIpc) is 2.94. The molecule has 1 atom stereocenters. The summed E-state index contributed by atoms with van der Waals surface area (Å²) < 4.78 is 0. The smallest absolute Gasteiger partial charge is 0.242 e. The normalized spacial score (nSPS) is 18.0. The topological polar surface area (TPSA) is 61.8 Å². The number of nitrogens with one attached hydrogen (secondary N) is 1. The monoisotopic (exact) mass is 395 g/mol. The third kappa shape index (κ3) is 4.81. The van der Waals surface area contributed by atoms with Gasteiger partial charge in [-0.05, 0) is 44.0 Å². The third-order valence-corrected chi connectivity index (χ3v) is 5.65. The van der Waals surface area contributed by atoms with Crippen LogP contribution in [0.5, 0.6) is 0 Å². The van der Waals surface area contributed by atoms with Crippen molar-refractivity contribution in [2.75, 3.05) is 11.9 Å². The standard InChI is InChI=1S/C22H25N3O2S/c1-4-12-25-21(27)19(28-22(25)23-17-8-6-5-7-9-17)14-20(26)24-18-11-10-15(2)13-16(18)3/h5-11,13,19H,4,12,14H2,1-3H3,(H,24,26)/t19-/m0/s1. The van der Waals surface area contributed by atoms with E-state index in [0.29, 0.717) is 11.7 Å². The van der Waals surface area contributed by atoms with Crippen molar-refractivity contribution in [1.82, 2.24) is 4.90 Å². The number of amides is 2. The number of para-hydroxylation sites is 1. The molecule has 1 N–H and O–H groups in total. The highest BCUT2D eigenvalue weighted by molar-refractivity contribution is 8.15. The van der Waals surface area contributed by atoms with Crippen LogP contribution < -0.4 is 5.32 Å². The number of amidine groups is 1. The van der Waals surface area contributed by atoms with Crippen molar-refractivity contribution in [1.29, 1.82) is 0 Å². The minimum absolute atomic E-state index is 0.0442. The zero-order valence-electron chi connectivity index (χ0n) is 16.4. The van der Waals surface area contributed by atoms with Gasteiger partial charge in [-0.2, -0.15) is 0 Å². The molecular weight excluding hydrogens is 370 g/mol. The quantitative estimate of drug-likeness (QED) is 0.773. The lowest BCUT2D eigenvalue weighted by atomic mass is 10.1. The van der Waals surface area contributed by atoms with E-state index in [1.54, 1.807) is 4.90 Å². The minimum Gasteiger partial charge on any atom is -0.326 e. The summed E-state index contributed by atoms with van der Waals surface area (Å²) in [4.78, 5) is 31.7. The van der Waals surface area contributed by atoms with Crippen molar-refractivity contribution in [2.45, 2.75) is 38.9 Å². The lowest BCUT2D eigenvalue weighted by Gasteiger charge is -2.15. The zero-order chi connectivity index (χ0) is 20.1. The van der Waals surface area contributed by atoms with Crippen LogP contribution in [-0.4, -0.2) is 33.7 Å². The molecule has 2 aromatic rings. The molecule has 1 saturated heterocycles. The van der Waals surface area contributed by atoms with Gasteiger partial charge in [0.2, 0.25) is 11.8 Å². The molecule has 5 nitrogen and oxygen atoms in total. The summed E-state index contributed by atoms with van der Waals surface area (Å²) in [6, 6.07) is 15.5. The summed E-state index contributed by atoms with van der Waals surface area (Å²) in [6.45, 7) is 6.61. The van der Waals surface area contributed by atoms with Crippen LogP contribution in [-0.2, 0) is 9.59 Å². The fraction of sp³-hybridized carbons (Fsp3) is 0.318. The Morgan fingerprint density at radius 2 is 1.93 bits per heavy atom. The molecule has 0 bridgehead atoms. The Morgan fingerprint density at radius 1 is 1.18 bits per heavy atom. The molecule has 0 aliphatic carbocycles. The molecule has 3 rings (SSSR count). The molecule has 146 valence electrons. The van der Waals surface area contributed by atoms with E-state index in [-0.39, 0.29) is 18.2 Å². The van der Waals surface area contributed by atoms with Crippen LogP contribution in [0.15, 0.2) is 53.5 Å². The van der Waals surface area contributed by atoms with Gasteiger partial charge in [0.05, 0.1) is 5.69 Å². The predicted molar refractivity (Wildman–Crippen MR) is 116 cm³/mol. The van der Waals surface area contributed by atoms with Crippen molar-refractivity contribution >= 4 is 40.1 Å². The number of aryl methyl sites for hydroxylation is 2. The van der Waals surface area contributed by atoms with Crippen molar-refractivity contribution in [3.05, 3.63) is 59.7 Å². The number of carbonyl (C=O) groups is 2. The van der Waals surface area contributed by atoms with Gasteiger partial charge in [0, 0.05) is 18.7 Å². The molecule has 2 aromatic carbocycles. The fourth-order valence-corrected chi connectivity index (χ4v) is 4.27. The maximum Gasteiger partial charge on any atom is 0.242 e. The summed E-state index contributed by atoms with van der Waals surface area (Å²) >= 11 is 1.37. The lowest BCUT2D eigenvalue weighted by molar-refractivity contribution is -0.128. The highest BCUT2D eigenvalue weighted by Gasteiger charge is 2.38. The van der Waals surface area contributed by atoms with E-state index in [0.717, 1.165) is 28.9 Å². The second kappa shape index (κ2) is 9.06. The first-order valence-corrected chi connectivity index (χ1v) is 10.3. The molecule has 2 amide bonds. The summed E-state index contributed by atoms with van der Waals surface area (Å²) in [5.74, 6) is -0.201. The van der Waals surface area contributed by atoms with Crippen molar-refractivity contribution in [3.63, 3.8) is 0 Å². The Kier molecular flexibility index (Phi) is 6.52. The number of hydrogen-bond donors (Lipinski definition) is 1. The first-order valence-electron chi connectivity index (χ1n) is 9.47. The van der Waals surface area contributed by atoms with Gasteiger partial charge in [0.15, 0.2) is 5.17 Å². The second-order valence-electron chi connectivity index (χ2n) is 6.90. The molecule has 28 heavy (non-hydrogen) atoms. The summed E-state index contributed by atoms with van der Waals surface area (Å²) in [6.07, 6.45) is 0.965. The van der Waals surface area contributed by atoms with E-state index in [1.165, 1.54) is 11.8 Å². The van der Waals surface area contributed by atoms with E-state index >= 15 is 0 Å². The van der Waals surface area contributed by atoms with Gasteiger partial charge in [-0.3, -0.25) is 14.5 Å². The highest BCUT2D eigenvalue weighted by atomic mass is 32.2. The van der Waals surface area contributed by atoms with Gasteiger partial charge in [-0.15, -0.1) is 0 Å². The van der Waals surface area contributed by atoms with Crippen LogP contribution in [0.3, 0.4) is 0 Å². The SMILES string of the molecule is CCCN1C(=O)[C@H](CC(=O)Nc2ccc(C)cc2C)SC1=Nc1ccccc1. The van der Waals surface area contributed by atoms with Gasteiger partial charge in [-0.1, -0.05) is 54.6 Å². The molecule has 0 unspecified atom stereocenters. The Balaban J connectivity index is 1.72. The summed E-state index contributed by atoms with van der Waals surface area (Å²) in [7, 11) is 0. The van der Waals surface area contributed by atoms with E-state index < -0.39 is 5.25 Å². The van der Waals surface area contributed by atoms with Crippen LogP contribution in [0.4, 0.5) is 11.4 Å². The van der Waals surface area contributed by atoms with E-state index in [4.69, 9.17) is 0 Å². The maximum absolute atomic E-state index is 12.8. The molecular formula is C22H25N3O2S. The molecule has 6 heteroatoms. The minimum atomic E-state index is -0.445. The van der Waals surface area contributed by atoms with Gasteiger partial charge in [-0.25, -0.2) is 4.99 Å². The lowest BCUT2D eigenvalue weighted by Crippen LogP contribution is -2.34. The Morgan fingerprint density at radius 3 is 2.61 bits per heavy atom. The number of benzene rings is 2. The van der Waals surface area contributed by atoms with Crippen LogP contribution in [0, 0.1) is 13.8 Å². The van der Waals surface area contributed by atoms with Crippen molar-refractivity contribution in [2.24, 2.45) is 4.99 Å². The van der Waals surface area contributed by atoms with Gasteiger partial charge >= 0.3 is 0 Å². The van der Waals surface area contributed by atoms with E-state index in [1.807, 2.05) is 69.3 Å². The fourth-order valence-electron chi connectivity index (χ4n) is 3.09. The first kappa shape index (κ1) is 20.1. The Hall–Kier alpha value is -2.60. The molecule has 1 aliphatic rings. The Bertz CT molecular complexity index is 896. The van der Waals surface area contributed by atoms with Crippen LogP contribution in [0.1, 0.15) is 30.9 Å². The van der Waals surface area contributed by atoms with E-state index in [2.05, 4.69) is 10.3 Å². The number of nitrogens with zero attached hydrogens (tertiary/aromatic N) is 2. The number of carbonyl (C=O) groups excluding carboxylic acids is 2. The number of hydrogen-bond acceptors (Lipinski definition) is 4. The highest BCUT2D eigenvalue weighted by Crippen LogP contribution is 2.32. The van der Waals surface area contributed by atoms with Crippen LogP contribution >= 0.6 is 11.8 Å². The average molecular weight is 396 g/mol. The molecule has 1 fully saturated rings. The number of thioether (sulfide) groups is 1.